The monoisotopic (exact) mass is 381 g/mol. The first kappa shape index (κ1) is 18.6. The number of carboxylic acids is 1. The van der Waals surface area contributed by atoms with Gasteiger partial charge in [-0.25, -0.2) is 8.78 Å². The number of ether oxygens (including phenoxy) is 1. The van der Waals surface area contributed by atoms with E-state index in [0.717, 1.165) is 12.1 Å². The van der Waals surface area contributed by atoms with Crippen molar-refractivity contribution in [3.63, 3.8) is 0 Å². The first-order chi connectivity index (χ1) is 12.4. The van der Waals surface area contributed by atoms with E-state index in [1.54, 1.807) is 23.1 Å². The van der Waals surface area contributed by atoms with Crippen molar-refractivity contribution in [2.24, 2.45) is 0 Å². The minimum atomic E-state index is -0.976. The Hall–Kier alpha value is -2.18. The Kier molecular flexibility index (Phi) is 5.44. The molecule has 4 nitrogen and oxygen atoms in total. The zero-order valence-electron chi connectivity index (χ0n) is 14.1. The number of methoxy groups -OCH3 is 1. The van der Waals surface area contributed by atoms with Crippen LogP contribution in [0.15, 0.2) is 36.4 Å². The third-order valence-electron chi connectivity index (χ3n) is 4.65. The molecule has 1 saturated heterocycles. The van der Waals surface area contributed by atoms with E-state index in [0.29, 0.717) is 35.7 Å². The number of hydrogen-bond donors (Lipinski definition) is 1. The Morgan fingerprint density at radius 1 is 1.27 bits per heavy atom. The smallest absolute Gasteiger partial charge is 0.320 e. The van der Waals surface area contributed by atoms with Crippen molar-refractivity contribution in [1.82, 2.24) is 4.90 Å². The highest BCUT2D eigenvalue weighted by atomic mass is 35.5. The standard InChI is InChI=1S/C19H18ClF2NO3/c1-26-17-7-4-11(20)9-14(17)18(13-6-5-12(21)10-15(13)22)23-8-2-3-16(23)19(24)25/h4-7,9-10,16,18H,2-3,8H2,1H3,(H,24,25). The fraction of sp³-hybridized carbons (Fsp3) is 0.316. The SMILES string of the molecule is COc1ccc(Cl)cc1C(c1ccc(F)cc1F)N1CCCC1C(=O)O. The second-order valence-corrected chi connectivity index (χ2v) is 6.63. The third kappa shape index (κ3) is 3.52. The highest BCUT2D eigenvalue weighted by molar-refractivity contribution is 6.30. The lowest BCUT2D eigenvalue weighted by molar-refractivity contribution is -0.142. The number of hydrogen-bond acceptors (Lipinski definition) is 3. The zero-order chi connectivity index (χ0) is 18.8. The first-order valence-electron chi connectivity index (χ1n) is 8.19. The molecule has 1 fully saturated rings. The van der Waals surface area contributed by atoms with Crippen molar-refractivity contribution in [3.05, 3.63) is 64.2 Å². The Balaban J connectivity index is 2.20. The Morgan fingerprint density at radius 2 is 2.04 bits per heavy atom. The summed E-state index contributed by atoms with van der Waals surface area (Å²) in [7, 11) is 1.48. The second-order valence-electron chi connectivity index (χ2n) is 6.19. The molecule has 0 amide bonds. The van der Waals surface area contributed by atoms with Crippen LogP contribution in [0.1, 0.15) is 30.0 Å². The molecule has 2 atom stereocenters. The van der Waals surface area contributed by atoms with Gasteiger partial charge in [-0.2, -0.15) is 0 Å². The zero-order valence-corrected chi connectivity index (χ0v) is 14.8. The molecule has 1 aliphatic rings. The van der Waals surface area contributed by atoms with Gasteiger partial charge >= 0.3 is 5.97 Å². The lowest BCUT2D eigenvalue weighted by Crippen LogP contribution is -2.39. The van der Waals surface area contributed by atoms with Gasteiger partial charge < -0.3 is 9.84 Å². The van der Waals surface area contributed by atoms with Crippen LogP contribution in [0.3, 0.4) is 0 Å². The normalized spacial score (nSPS) is 18.7. The van der Waals surface area contributed by atoms with Crippen molar-refractivity contribution in [2.45, 2.75) is 24.9 Å². The minimum Gasteiger partial charge on any atom is -0.496 e. The molecule has 1 N–H and O–H groups in total. The third-order valence-corrected chi connectivity index (χ3v) is 4.89. The van der Waals surface area contributed by atoms with Gasteiger partial charge in [0, 0.05) is 28.8 Å². The van der Waals surface area contributed by atoms with Gasteiger partial charge in [-0.15, -0.1) is 0 Å². The summed E-state index contributed by atoms with van der Waals surface area (Å²) in [5.74, 6) is -1.96. The molecular weight excluding hydrogens is 364 g/mol. The maximum absolute atomic E-state index is 14.6. The summed E-state index contributed by atoms with van der Waals surface area (Å²) in [4.78, 5) is 13.4. The summed E-state index contributed by atoms with van der Waals surface area (Å²) in [6.07, 6.45) is 1.12. The van der Waals surface area contributed by atoms with Crippen LogP contribution < -0.4 is 4.74 Å². The van der Waals surface area contributed by atoms with Gasteiger partial charge in [-0.05, 0) is 37.1 Å². The fourth-order valence-corrected chi connectivity index (χ4v) is 3.71. The van der Waals surface area contributed by atoms with E-state index in [-0.39, 0.29) is 5.56 Å². The summed E-state index contributed by atoms with van der Waals surface area (Å²) in [5.41, 5.74) is 0.721. The van der Waals surface area contributed by atoms with E-state index < -0.39 is 29.7 Å². The molecule has 0 saturated carbocycles. The molecule has 138 valence electrons. The number of likely N-dealkylation sites (tertiary alicyclic amines) is 1. The van der Waals surface area contributed by atoms with Crippen LogP contribution >= 0.6 is 11.6 Å². The number of benzene rings is 2. The molecule has 0 bridgehead atoms. The summed E-state index contributed by atoms with van der Waals surface area (Å²) < 4.78 is 33.4. The number of halogens is 3. The number of nitrogens with zero attached hydrogens (tertiary/aromatic N) is 1. The fourth-order valence-electron chi connectivity index (χ4n) is 3.53. The Labute approximate surface area is 155 Å². The van der Waals surface area contributed by atoms with Gasteiger partial charge in [-0.3, -0.25) is 9.69 Å². The van der Waals surface area contributed by atoms with Crippen molar-refractivity contribution >= 4 is 17.6 Å². The lowest BCUT2D eigenvalue weighted by atomic mass is 9.94. The molecule has 1 aliphatic heterocycles. The number of rotatable bonds is 5. The van der Waals surface area contributed by atoms with E-state index in [1.165, 1.54) is 13.2 Å². The van der Waals surface area contributed by atoms with Crippen LogP contribution in [0.5, 0.6) is 5.75 Å². The van der Waals surface area contributed by atoms with Crippen molar-refractivity contribution in [1.29, 1.82) is 0 Å². The van der Waals surface area contributed by atoms with E-state index in [4.69, 9.17) is 16.3 Å². The molecule has 2 aromatic carbocycles. The summed E-state index contributed by atoms with van der Waals surface area (Å²) in [6, 6.07) is 6.69. The van der Waals surface area contributed by atoms with Gasteiger partial charge in [0.05, 0.1) is 13.2 Å². The molecule has 2 aromatic rings. The highest BCUT2D eigenvalue weighted by Crippen LogP contribution is 2.41. The van der Waals surface area contributed by atoms with Crippen LogP contribution in [-0.4, -0.2) is 35.7 Å². The van der Waals surface area contributed by atoms with E-state index in [9.17, 15) is 18.7 Å². The quantitative estimate of drug-likeness (QED) is 0.840. The predicted molar refractivity (Wildman–Crippen MR) is 93.6 cm³/mol. The van der Waals surface area contributed by atoms with Crippen LogP contribution in [0.4, 0.5) is 8.78 Å². The summed E-state index contributed by atoms with van der Waals surface area (Å²) in [6.45, 7) is 0.466. The molecule has 0 aromatic heterocycles. The Bertz CT molecular complexity index is 830. The van der Waals surface area contributed by atoms with Crippen molar-refractivity contribution in [3.8, 4) is 5.75 Å². The maximum atomic E-state index is 14.6. The summed E-state index contributed by atoms with van der Waals surface area (Å²) in [5, 5.41) is 9.98. The second kappa shape index (κ2) is 7.60. The molecule has 7 heteroatoms. The van der Waals surface area contributed by atoms with Gasteiger partial charge in [0.1, 0.15) is 23.4 Å². The predicted octanol–water partition coefficient (Wildman–Crippen LogP) is 4.27. The van der Waals surface area contributed by atoms with Crippen molar-refractivity contribution < 1.29 is 23.4 Å². The van der Waals surface area contributed by atoms with Crippen LogP contribution in [0.2, 0.25) is 5.02 Å². The largest absolute Gasteiger partial charge is 0.496 e. The maximum Gasteiger partial charge on any atom is 0.320 e. The molecule has 3 rings (SSSR count). The topological polar surface area (TPSA) is 49.8 Å². The van der Waals surface area contributed by atoms with Gasteiger partial charge in [0.25, 0.3) is 0 Å². The molecule has 0 spiro atoms. The van der Waals surface area contributed by atoms with Gasteiger partial charge in [-0.1, -0.05) is 17.7 Å². The highest BCUT2D eigenvalue weighted by Gasteiger charge is 2.39. The van der Waals surface area contributed by atoms with E-state index in [2.05, 4.69) is 0 Å². The first-order valence-corrected chi connectivity index (χ1v) is 8.57. The lowest BCUT2D eigenvalue weighted by Gasteiger charge is -2.33. The summed E-state index contributed by atoms with van der Waals surface area (Å²) >= 11 is 6.13. The van der Waals surface area contributed by atoms with Gasteiger partial charge in [0.15, 0.2) is 0 Å². The molecule has 1 heterocycles. The molecule has 26 heavy (non-hydrogen) atoms. The van der Waals surface area contributed by atoms with E-state index >= 15 is 0 Å². The Morgan fingerprint density at radius 3 is 2.69 bits per heavy atom. The number of carboxylic acid groups (broad SMARTS) is 1. The molecule has 0 radical (unpaired) electrons. The number of aliphatic carboxylic acids is 1. The average Bonchev–Trinajstić information content (AvgIpc) is 3.07. The minimum absolute atomic E-state index is 0.181. The van der Waals surface area contributed by atoms with Gasteiger partial charge in [0.2, 0.25) is 0 Å². The molecule has 2 unspecified atom stereocenters. The van der Waals surface area contributed by atoms with Crippen LogP contribution in [0, 0.1) is 11.6 Å². The van der Waals surface area contributed by atoms with E-state index in [1.807, 2.05) is 0 Å². The number of carbonyl (C=O) groups is 1. The van der Waals surface area contributed by atoms with Crippen LogP contribution in [-0.2, 0) is 4.79 Å². The van der Waals surface area contributed by atoms with Crippen LogP contribution in [0.25, 0.3) is 0 Å². The molecular formula is C19H18ClF2NO3. The van der Waals surface area contributed by atoms with Crippen molar-refractivity contribution in [2.75, 3.05) is 13.7 Å². The average molecular weight is 382 g/mol. The molecule has 0 aliphatic carbocycles.